The molecule has 1 aliphatic heterocycles. The Bertz CT molecular complexity index is 1070. The van der Waals surface area contributed by atoms with E-state index >= 15 is 0 Å². The molecule has 1 aliphatic rings. The number of ether oxygens (including phenoxy) is 3. The van der Waals surface area contributed by atoms with Crippen molar-refractivity contribution in [2.45, 2.75) is 12.3 Å². The number of carbonyl (C=O) groups excluding carboxylic acids is 1. The number of esters is 1. The lowest BCUT2D eigenvalue weighted by molar-refractivity contribution is -0.135. The van der Waals surface area contributed by atoms with Gasteiger partial charge in [-0.05, 0) is 29.8 Å². The van der Waals surface area contributed by atoms with Crippen molar-refractivity contribution in [2.24, 2.45) is 0 Å². The molecule has 0 N–H and O–H groups in total. The van der Waals surface area contributed by atoms with Crippen molar-refractivity contribution < 1.29 is 23.4 Å². The first kappa shape index (κ1) is 16.2. The molecule has 0 bridgehead atoms. The maximum absolute atomic E-state index is 12.6. The lowest BCUT2D eigenvalue weighted by atomic mass is 9.86. The summed E-state index contributed by atoms with van der Waals surface area (Å²) in [6, 6.07) is 12.3. The van der Waals surface area contributed by atoms with E-state index in [0.29, 0.717) is 28.0 Å². The fourth-order valence-corrected chi connectivity index (χ4v) is 3.32. The van der Waals surface area contributed by atoms with Gasteiger partial charge in [-0.2, -0.15) is 0 Å². The Morgan fingerprint density at radius 3 is 2.54 bits per heavy atom. The molecule has 6 heteroatoms. The number of benzene rings is 2. The number of rotatable bonds is 3. The Morgan fingerprint density at radius 1 is 1.00 bits per heavy atom. The summed E-state index contributed by atoms with van der Waals surface area (Å²) in [5, 5.41) is 0.598. The maximum atomic E-state index is 12.6. The quantitative estimate of drug-likeness (QED) is 0.532. The summed E-state index contributed by atoms with van der Waals surface area (Å²) >= 11 is 0. The highest BCUT2D eigenvalue weighted by molar-refractivity contribution is 5.90. The van der Waals surface area contributed by atoms with E-state index in [1.54, 1.807) is 43.5 Å². The van der Waals surface area contributed by atoms with E-state index in [4.69, 9.17) is 18.6 Å². The first-order valence-electron chi connectivity index (χ1n) is 8.10. The zero-order valence-electron chi connectivity index (χ0n) is 14.3. The van der Waals surface area contributed by atoms with Gasteiger partial charge in [-0.15, -0.1) is 0 Å². The highest BCUT2D eigenvalue weighted by Crippen LogP contribution is 2.42. The standard InChI is InChI=1S/C20H16O6/c1-23-15-8-7-11(9-16(15)24-2)13-10-17(21)26-19-12-5-3-4-6-14(12)25-20(22)18(13)19/h3-9,13H,10H2,1-2H3/t13-/m1/s1. The summed E-state index contributed by atoms with van der Waals surface area (Å²) in [5.74, 6) is 0.490. The van der Waals surface area contributed by atoms with Crippen molar-refractivity contribution in [3.8, 4) is 17.2 Å². The van der Waals surface area contributed by atoms with Crippen LogP contribution in [0.5, 0.6) is 17.2 Å². The molecule has 0 unspecified atom stereocenters. The molecule has 1 atom stereocenters. The van der Waals surface area contributed by atoms with Crippen molar-refractivity contribution in [3.63, 3.8) is 0 Å². The second kappa shape index (κ2) is 6.22. The normalized spacial score (nSPS) is 16.1. The van der Waals surface area contributed by atoms with Crippen LogP contribution in [0.1, 0.15) is 23.5 Å². The monoisotopic (exact) mass is 352 g/mol. The van der Waals surface area contributed by atoms with Crippen LogP contribution in [0.2, 0.25) is 0 Å². The summed E-state index contributed by atoms with van der Waals surface area (Å²) in [6.45, 7) is 0. The van der Waals surface area contributed by atoms with E-state index < -0.39 is 17.5 Å². The third-order valence-corrected chi connectivity index (χ3v) is 4.54. The minimum Gasteiger partial charge on any atom is -0.493 e. The van der Waals surface area contributed by atoms with Crippen LogP contribution in [0.15, 0.2) is 51.7 Å². The van der Waals surface area contributed by atoms with Crippen molar-refractivity contribution >= 4 is 16.9 Å². The van der Waals surface area contributed by atoms with Gasteiger partial charge in [0.2, 0.25) is 0 Å². The molecular weight excluding hydrogens is 336 g/mol. The molecular formula is C20H16O6. The van der Waals surface area contributed by atoms with E-state index in [9.17, 15) is 9.59 Å². The molecule has 0 fully saturated rings. The highest BCUT2D eigenvalue weighted by Gasteiger charge is 2.34. The van der Waals surface area contributed by atoms with Crippen molar-refractivity contribution in [1.82, 2.24) is 0 Å². The summed E-state index contributed by atoms with van der Waals surface area (Å²) < 4.78 is 21.5. The lowest BCUT2D eigenvalue weighted by Gasteiger charge is -2.24. The molecule has 0 radical (unpaired) electrons. The Hall–Kier alpha value is -3.28. The van der Waals surface area contributed by atoms with Gasteiger partial charge in [0.05, 0.1) is 31.6 Å². The van der Waals surface area contributed by atoms with Crippen LogP contribution in [-0.2, 0) is 4.79 Å². The molecule has 0 spiro atoms. The summed E-state index contributed by atoms with van der Waals surface area (Å²) in [6.07, 6.45) is 0.0472. The second-order valence-corrected chi connectivity index (χ2v) is 5.97. The van der Waals surface area contributed by atoms with Gasteiger partial charge in [0.25, 0.3) is 0 Å². The van der Waals surface area contributed by atoms with Crippen LogP contribution in [-0.4, -0.2) is 20.2 Å². The molecule has 0 saturated carbocycles. The second-order valence-electron chi connectivity index (χ2n) is 5.97. The van der Waals surface area contributed by atoms with Crippen LogP contribution in [0.4, 0.5) is 0 Å². The van der Waals surface area contributed by atoms with Gasteiger partial charge in [-0.3, -0.25) is 4.79 Å². The number of methoxy groups -OCH3 is 2. The zero-order valence-corrected chi connectivity index (χ0v) is 14.3. The van der Waals surface area contributed by atoms with Crippen molar-refractivity contribution in [1.29, 1.82) is 0 Å². The number of carbonyl (C=O) groups is 1. The molecule has 0 saturated heterocycles. The largest absolute Gasteiger partial charge is 0.493 e. The van der Waals surface area contributed by atoms with Gasteiger partial charge < -0.3 is 18.6 Å². The van der Waals surface area contributed by atoms with Crippen LogP contribution in [0, 0.1) is 0 Å². The number of hydrogen-bond donors (Lipinski definition) is 0. The third kappa shape index (κ3) is 2.50. The van der Waals surface area contributed by atoms with E-state index in [2.05, 4.69) is 0 Å². The maximum Gasteiger partial charge on any atom is 0.343 e. The van der Waals surface area contributed by atoms with E-state index in [1.807, 2.05) is 6.07 Å². The summed E-state index contributed by atoms with van der Waals surface area (Å²) in [7, 11) is 3.08. The molecule has 0 amide bonds. The SMILES string of the molecule is COc1ccc([C@H]2CC(=O)Oc3c2c(=O)oc2ccccc32)cc1OC. The summed E-state index contributed by atoms with van der Waals surface area (Å²) in [4.78, 5) is 24.9. The van der Waals surface area contributed by atoms with Gasteiger partial charge in [-0.1, -0.05) is 18.2 Å². The van der Waals surface area contributed by atoms with Crippen molar-refractivity contribution in [3.05, 3.63) is 64.0 Å². The number of hydrogen-bond acceptors (Lipinski definition) is 6. The first-order valence-corrected chi connectivity index (χ1v) is 8.10. The molecule has 0 aliphatic carbocycles. The molecule has 4 rings (SSSR count). The minimum atomic E-state index is -0.508. The van der Waals surface area contributed by atoms with Gasteiger partial charge in [-0.25, -0.2) is 4.79 Å². The van der Waals surface area contributed by atoms with E-state index in [1.165, 1.54) is 7.11 Å². The molecule has 2 heterocycles. The van der Waals surface area contributed by atoms with Crippen molar-refractivity contribution in [2.75, 3.05) is 14.2 Å². The number of fused-ring (bicyclic) bond motifs is 3. The fraction of sp³-hybridized carbons (Fsp3) is 0.200. The molecule has 26 heavy (non-hydrogen) atoms. The fourth-order valence-electron chi connectivity index (χ4n) is 3.32. The minimum absolute atomic E-state index is 0.0472. The molecule has 3 aromatic rings. The predicted octanol–water partition coefficient (Wildman–Crippen LogP) is 3.25. The average molecular weight is 352 g/mol. The van der Waals surface area contributed by atoms with Crippen LogP contribution >= 0.6 is 0 Å². The Balaban J connectivity index is 1.95. The van der Waals surface area contributed by atoms with Gasteiger partial charge in [0.15, 0.2) is 17.2 Å². The van der Waals surface area contributed by atoms with Crippen LogP contribution < -0.4 is 19.8 Å². The zero-order chi connectivity index (χ0) is 18.3. The topological polar surface area (TPSA) is 75.0 Å². The third-order valence-electron chi connectivity index (χ3n) is 4.54. The average Bonchev–Trinajstić information content (AvgIpc) is 2.66. The molecule has 132 valence electrons. The van der Waals surface area contributed by atoms with E-state index in [0.717, 1.165) is 5.56 Å². The first-order chi connectivity index (χ1) is 12.6. The Morgan fingerprint density at radius 2 is 1.77 bits per heavy atom. The Labute approximate surface area is 148 Å². The van der Waals surface area contributed by atoms with Crippen LogP contribution in [0.3, 0.4) is 0 Å². The lowest BCUT2D eigenvalue weighted by Crippen LogP contribution is -2.26. The predicted molar refractivity (Wildman–Crippen MR) is 94.1 cm³/mol. The summed E-state index contributed by atoms with van der Waals surface area (Å²) in [5.41, 5.74) is 0.974. The molecule has 1 aromatic heterocycles. The van der Waals surface area contributed by atoms with Gasteiger partial charge >= 0.3 is 11.6 Å². The van der Waals surface area contributed by atoms with Crippen LogP contribution in [0.25, 0.3) is 11.0 Å². The van der Waals surface area contributed by atoms with Gasteiger partial charge in [0, 0.05) is 5.92 Å². The molecule has 2 aromatic carbocycles. The smallest absolute Gasteiger partial charge is 0.343 e. The highest BCUT2D eigenvalue weighted by atomic mass is 16.5. The Kier molecular flexibility index (Phi) is 3.88. The van der Waals surface area contributed by atoms with Gasteiger partial charge in [0.1, 0.15) is 5.58 Å². The number of para-hydroxylation sites is 1. The molecule has 6 nitrogen and oxygen atoms in total. The van der Waals surface area contributed by atoms with E-state index in [-0.39, 0.29) is 12.2 Å².